The third-order valence-electron chi connectivity index (χ3n) is 2.70. The van der Waals surface area contributed by atoms with Crippen molar-refractivity contribution in [2.45, 2.75) is 0 Å². The van der Waals surface area contributed by atoms with E-state index in [1.807, 2.05) is 0 Å². The van der Waals surface area contributed by atoms with Crippen molar-refractivity contribution in [3.63, 3.8) is 0 Å². The summed E-state index contributed by atoms with van der Waals surface area (Å²) in [6.45, 7) is 0.0554. The SMILES string of the molecule is O=C(CNc1ccc(Cl)cc1)N/N=C/c1ccc(O)c(O)c1. The van der Waals surface area contributed by atoms with Gasteiger partial charge in [-0.3, -0.25) is 4.79 Å². The fraction of sp³-hybridized carbons (Fsp3) is 0.0667. The van der Waals surface area contributed by atoms with Crippen LogP contribution in [0.1, 0.15) is 5.56 Å². The van der Waals surface area contributed by atoms with Crippen molar-refractivity contribution >= 4 is 29.4 Å². The Kier molecular flexibility index (Phi) is 5.21. The summed E-state index contributed by atoms with van der Waals surface area (Å²) in [5, 5.41) is 25.8. The van der Waals surface area contributed by atoms with Crippen LogP contribution in [0.3, 0.4) is 0 Å². The highest BCUT2D eigenvalue weighted by Gasteiger charge is 2.00. The van der Waals surface area contributed by atoms with Crippen LogP contribution in [0.25, 0.3) is 0 Å². The molecule has 6 nitrogen and oxygen atoms in total. The molecule has 0 radical (unpaired) electrons. The van der Waals surface area contributed by atoms with Crippen LogP contribution in [-0.2, 0) is 4.79 Å². The van der Waals surface area contributed by atoms with Gasteiger partial charge in [-0.1, -0.05) is 11.6 Å². The number of hydrogen-bond acceptors (Lipinski definition) is 5. The summed E-state index contributed by atoms with van der Waals surface area (Å²) in [4.78, 5) is 11.6. The predicted octanol–water partition coefficient (Wildman–Crippen LogP) is 2.31. The lowest BCUT2D eigenvalue weighted by Gasteiger charge is -2.05. The number of hydrazone groups is 1. The van der Waals surface area contributed by atoms with E-state index in [0.717, 1.165) is 5.69 Å². The van der Waals surface area contributed by atoms with E-state index in [0.29, 0.717) is 10.6 Å². The fourth-order valence-corrected chi connectivity index (χ4v) is 1.72. The molecule has 0 unspecified atom stereocenters. The first-order valence-corrected chi connectivity index (χ1v) is 6.76. The van der Waals surface area contributed by atoms with Crippen LogP contribution in [-0.4, -0.2) is 28.9 Å². The number of amides is 1. The molecule has 7 heteroatoms. The van der Waals surface area contributed by atoms with Crippen molar-refractivity contribution in [1.82, 2.24) is 5.43 Å². The number of hydrogen-bond donors (Lipinski definition) is 4. The number of aromatic hydroxyl groups is 2. The minimum atomic E-state index is -0.325. The van der Waals surface area contributed by atoms with Gasteiger partial charge in [0.25, 0.3) is 5.91 Å². The average Bonchev–Trinajstić information content (AvgIpc) is 2.50. The maximum absolute atomic E-state index is 11.6. The van der Waals surface area contributed by atoms with Gasteiger partial charge in [0.1, 0.15) is 0 Å². The standard InChI is InChI=1S/C15H14ClN3O3/c16-11-2-4-12(5-3-11)17-9-15(22)19-18-8-10-1-6-13(20)14(21)7-10/h1-8,17,20-21H,9H2,(H,19,22)/b18-8+. The van der Waals surface area contributed by atoms with Crippen LogP contribution in [0.15, 0.2) is 47.6 Å². The first-order chi connectivity index (χ1) is 10.5. The second-order valence-electron chi connectivity index (χ2n) is 4.40. The second-order valence-corrected chi connectivity index (χ2v) is 4.84. The number of carbonyl (C=O) groups is 1. The van der Waals surface area contributed by atoms with Gasteiger partial charge in [0.05, 0.1) is 12.8 Å². The highest BCUT2D eigenvalue weighted by Crippen LogP contribution is 2.23. The average molecular weight is 320 g/mol. The van der Waals surface area contributed by atoms with Crippen molar-refractivity contribution in [2.24, 2.45) is 5.10 Å². The zero-order valence-corrected chi connectivity index (χ0v) is 12.2. The molecular weight excluding hydrogens is 306 g/mol. The van der Waals surface area contributed by atoms with Gasteiger partial charge >= 0.3 is 0 Å². The van der Waals surface area contributed by atoms with Gasteiger partial charge in [-0.2, -0.15) is 5.10 Å². The van der Waals surface area contributed by atoms with E-state index in [1.54, 1.807) is 30.3 Å². The molecule has 2 aromatic carbocycles. The monoisotopic (exact) mass is 319 g/mol. The highest BCUT2D eigenvalue weighted by atomic mass is 35.5. The molecule has 4 N–H and O–H groups in total. The van der Waals surface area contributed by atoms with Gasteiger partial charge in [0.15, 0.2) is 11.5 Å². The van der Waals surface area contributed by atoms with Crippen LogP contribution in [0.2, 0.25) is 5.02 Å². The fourth-order valence-electron chi connectivity index (χ4n) is 1.59. The smallest absolute Gasteiger partial charge is 0.259 e. The molecule has 0 aliphatic heterocycles. The number of nitrogens with one attached hydrogen (secondary N) is 2. The number of nitrogens with zero attached hydrogens (tertiary/aromatic N) is 1. The van der Waals surface area contributed by atoms with Gasteiger partial charge in [-0.25, -0.2) is 5.43 Å². The van der Waals surface area contributed by atoms with Gasteiger partial charge in [0.2, 0.25) is 0 Å². The lowest BCUT2D eigenvalue weighted by molar-refractivity contribution is -0.119. The molecule has 0 heterocycles. The molecule has 0 atom stereocenters. The zero-order chi connectivity index (χ0) is 15.9. The molecule has 0 saturated heterocycles. The van der Waals surface area contributed by atoms with E-state index in [-0.39, 0.29) is 24.0 Å². The molecule has 0 spiro atoms. The Labute approximate surface area is 132 Å². The van der Waals surface area contributed by atoms with Crippen LogP contribution >= 0.6 is 11.6 Å². The van der Waals surface area contributed by atoms with Gasteiger partial charge in [0, 0.05) is 10.7 Å². The van der Waals surface area contributed by atoms with Crippen LogP contribution in [0.4, 0.5) is 5.69 Å². The number of carbonyl (C=O) groups excluding carboxylic acids is 1. The quantitative estimate of drug-likeness (QED) is 0.386. The summed E-state index contributed by atoms with van der Waals surface area (Å²) < 4.78 is 0. The molecule has 2 rings (SSSR count). The van der Waals surface area contributed by atoms with Gasteiger partial charge in [-0.05, 0) is 48.0 Å². The minimum absolute atomic E-state index is 0.0554. The summed E-state index contributed by atoms with van der Waals surface area (Å²) in [5.74, 6) is -0.790. The Bertz CT molecular complexity index is 687. The third-order valence-corrected chi connectivity index (χ3v) is 2.95. The number of phenolic OH excluding ortho intramolecular Hbond substituents is 2. The maximum atomic E-state index is 11.6. The molecular formula is C15H14ClN3O3. The summed E-state index contributed by atoms with van der Waals surface area (Å²) in [5.41, 5.74) is 3.66. The minimum Gasteiger partial charge on any atom is -0.504 e. The predicted molar refractivity (Wildman–Crippen MR) is 85.5 cm³/mol. The van der Waals surface area contributed by atoms with Gasteiger partial charge in [-0.15, -0.1) is 0 Å². The first-order valence-electron chi connectivity index (χ1n) is 6.38. The second kappa shape index (κ2) is 7.33. The van der Waals surface area contributed by atoms with E-state index in [1.165, 1.54) is 18.3 Å². The van der Waals surface area contributed by atoms with Crippen molar-refractivity contribution in [2.75, 3.05) is 11.9 Å². The van der Waals surface area contributed by atoms with Crippen molar-refractivity contribution in [3.8, 4) is 11.5 Å². The number of phenols is 2. The number of halogens is 1. The van der Waals surface area contributed by atoms with E-state index in [4.69, 9.17) is 11.6 Å². The Morgan fingerprint density at radius 3 is 2.55 bits per heavy atom. The molecule has 1 amide bonds. The van der Waals surface area contributed by atoms with E-state index >= 15 is 0 Å². The molecule has 0 aliphatic rings. The van der Waals surface area contributed by atoms with Crippen molar-refractivity contribution in [3.05, 3.63) is 53.1 Å². The van der Waals surface area contributed by atoms with Gasteiger partial charge < -0.3 is 15.5 Å². The molecule has 114 valence electrons. The van der Waals surface area contributed by atoms with E-state index in [9.17, 15) is 15.0 Å². The van der Waals surface area contributed by atoms with Crippen molar-refractivity contribution in [1.29, 1.82) is 0 Å². The normalized spacial score (nSPS) is 10.6. The van der Waals surface area contributed by atoms with E-state index in [2.05, 4.69) is 15.8 Å². The Hall–Kier alpha value is -2.73. The Morgan fingerprint density at radius 2 is 1.86 bits per heavy atom. The number of rotatable bonds is 5. The lowest BCUT2D eigenvalue weighted by Crippen LogP contribution is -2.25. The molecule has 22 heavy (non-hydrogen) atoms. The molecule has 0 saturated carbocycles. The highest BCUT2D eigenvalue weighted by molar-refractivity contribution is 6.30. The van der Waals surface area contributed by atoms with Crippen LogP contribution in [0, 0.1) is 0 Å². The summed E-state index contributed by atoms with van der Waals surface area (Å²) in [6.07, 6.45) is 1.36. The van der Waals surface area contributed by atoms with Crippen molar-refractivity contribution < 1.29 is 15.0 Å². The maximum Gasteiger partial charge on any atom is 0.259 e. The van der Waals surface area contributed by atoms with Crippen LogP contribution in [0.5, 0.6) is 11.5 Å². The summed E-state index contributed by atoms with van der Waals surface area (Å²) in [7, 11) is 0. The molecule has 0 fully saturated rings. The Balaban J connectivity index is 1.80. The zero-order valence-electron chi connectivity index (χ0n) is 11.5. The molecule has 0 bridgehead atoms. The number of anilines is 1. The van der Waals surface area contributed by atoms with Crippen LogP contribution < -0.4 is 10.7 Å². The third kappa shape index (κ3) is 4.68. The lowest BCUT2D eigenvalue weighted by atomic mass is 10.2. The molecule has 0 aliphatic carbocycles. The number of benzene rings is 2. The first kappa shape index (κ1) is 15.7. The largest absolute Gasteiger partial charge is 0.504 e. The summed E-state index contributed by atoms with van der Waals surface area (Å²) >= 11 is 5.76. The Morgan fingerprint density at radius 1 is 1.14 bits per heavy atom. The van der Waals surface area contributed by atoms with E-state index < -0.39 is 0 Å². The molecule has 2 aromatic rings. The summed E-state index contributed by atoms with van der Waals surface area (Å²) in [6, 6.07) is 11.2. The topological polar surface area (TPSA) is 94.0 Å². The molecule has 0 aromatic heterocycles.